The molecule has 0 aliphatic carbocycles. The number of esters is 2. The lowest BCUT2D eigenvalue weighted by atomic mass is 10.0. The number of ether oxygens (including phenoxy) is 2. The Bertz CT molecular complexity index is 677. The Hall–Kier alpha value is -1.89. The Morgan fingerprint density at radius 1 is 0.857 bits per heavy atom. The van der Waals surface area contributed by atoms with Crippen molar-refractivity contribution in [2.24, 2.45) is 0 Å². The number of hydrogen-bond acceptors (Lipinski definition) is 4. The lowest BCUT2D eigenvalue weighted by Gasteiger charge is -2.08. The van der Waals surface area contributed by atoms with E-state index in [1.165, 1.54) is 14.2 Å². The molecule has 0 saturated heterocycles. The predicted octanol–water partition coefficient (Wildman–Crippen LogP) is 3.53. The fourth-order valence-corrected chi connectivity index (χ4v) is 2.72. The molecule has 2 aromatic rings. The van der Waals surface area contributed by atoms with Crippen molar-refractivity contribution < 1.29 is 19.1 Å². The summed E-state index contributed by atoms with van der Waals surface area (Å²) in [5.41, 5.74) is 2.96. The van der Waals surface area contributed by atoms with Crippen LogP contribution in [-0.4, -0.2) is 26.2 Å². The van der Waals surface area contributed by atoms with Crippen LogP contribution in [0.5, 0.6) is 0 Å². The first-order valence-electron chi connectivity index (χ1n) is 6.13. The van der Waals surface area contributed by atoms with Crippen molar-refractivity contribution in [1.82, 2.24) is 0 Å². The van der Waals surface area contributed by atoms with Crippen LogP contribution >= 0.6 is 22.6 Å². The first-order chi connectivity index (χ1) is 10.1. The van der Waals surface area contributed by atoms with Crippen LogP contribution in [0.2, 0.25) is 0 Å². The van der Waals surface area contributed by atoms with Crippen LogP contribution in [0.15, 0.2) is 42.5 Å². The minimum Gasteiger partial charge on any atom is -0.465 e. The van der Waals surface area contributed by atoms with Crippen molar-refractivity contribution in [3.05, 3.63) is 57.2 Å². The molecule has 0 unspecified atom stereocenters. The van der Waals surface area contributed by atoms with Crippen LogP contribution in [0.4, 0.5) is 0 Å². The van der Waals surface area contributed by atoms with Gasteiger partial charge in [0.25, 0.3) is 0 Å². The number of hydrogen-bond donors (Lipinski definition) is 0. The number of halogens is 1. The van der Waals surface area contributed by atoms with Crippen LogP contribution in [0, 0.1) is 3.57 Å². The molecule has 0 atom stereocenters. The average Bonchev–Trinajstić information content (AvgIpc) is 2.53. The van der Waals surface area contributed by atoms with E-state index in [0.29, 0.717) is 11.1 Å². The molecule has 2 aromatic carbocycles. The van der Waals surface area contributed by atoms with Crippen LogP contribution in [0.25, 0.3) is 11.1 Å². The van der Waals surface area contributed by atoms with Crippen molar-refractivity contribution >= 4 is 34.5 Å². The summed E-state index contributed by atoms with van der Waals surface area (Å²) in [7, 11) is 2.71. The van der Waals surface area contributed by atoms with Crippen molar-refractivity contribution in [2.45, 2.75) is 0 Å². The van der Waals surface area contributed by atoms with Crippen molar-refractivity contribution in [3.63, 3.8) is 0 Å². The Labute approximate surface area is 136 Å². The van der Waals surface area contributed by atoms with E-state index < -0.39 is 0 Å². The molecule has 0 aliphatic heterocycles. The molecular formula is C16H13IO4. The Morgan fingerprint density at radius 2 is 1.38 bits per heavy atom. The van der Waals surface area contributed by atoms with Gasteiger partial charge in [0.15, 0.2) is 0 Å². The van der Waals surface area contributed by atoms with Gasteiger partial charge in [0, 0.05) is 3.57 Å². The molecule has 0 fully saturated rings. The third-order valence-corrected chi connectivity index (χ3v) is 3.90. The van der Waals surface area contributed by atoms with E-state index in [4.69, 9.17) is 4.74 Å². The highest BCUT2D eigenvalue weighted by molar-refractivity contribution is 14.1. The zero-order valence-electron chi connectivity index (χ0n) is 11.6. The fraction of sp³-hybridized carbons (Fsp3) is 0.125. The first-order valence-corrected chi connectivity index (χ1v) is 7.21. The minimum absolute atomic E-state index is 0.361. The average molecular weight is 396 g/mol. The maximum absolute atomic E-state index is 11.5. The molecule has 0 saturated carbocycles. The van der Waals surface area contributed by atoms with Crippen LogP contribution in [0.1, 0.15) is 20.7 Å². The zero-order valence-corrected chi connectivity index (χ0v) is 13.7. The molecule has 0 heterocycles. The monoisotopic (exact) mass is 396 g/mol. The molecule has 0 aliphatic rings. The molecule has 108 valence electrons. The smallest absolute Gasteiger partial charge is 0.337 e. The summed E-state index contributed by atoms with van der Waals surface area (Å²) in [6, 6.07) is 12.5. The second-order valence-corrected chi connectivity index (χ2v) is 5.42. The third kappa shape index (κ3) is 3.41. The normalized spacial score (nSPS) is 10.0. The van der Waals surface area contributed by atoms with Gasteiger partial charge in [0.05, 0.1) is 25.3 Å². The summed E-state index contributed by atoms with van der Waals surface area (Å²) in [4.78, 5) is 22.9. The summed E-state index contributed by atoms with van der Waals surface area (Å²) in [5.74, 6) is -0.724. The van der Waals surface area contributed by atoms with Gasteiger partial charge < -0.3 is 9.47 Å². The highest BCUT2D eigenvalue weighted by atomic mass is 127. The Kier molecular flexibility index (Phi) is 4.95. The molecule has 21 heavy (non-hydrogen) atoms. The van der Waals surface area contributed by atoms with E-state index >= 15 is 0 Å². The van der Waals surface area contributed by atoms with Gasteiger partial charge >= 0.3 is 11.9 Å². The van der Waals surface area contributed by atoms with Gasteiger partial charge in [0.2, 0.25) is 0 Å². The Balaban J connectivity index is 2.34. The van der Waals surface area contributed by atoms with Gasteiger partial charge in [-0.2, -0.15) is 0 Å². The van der Waals surface area contributed by atoms with E-state index in [2.05, 4.69) is 27.3 Å². The van der Waals surface area contributed by atoms with Gasteiger partial charge in [-0.15, -0.1) is 0 Å². The van der Waals surface area contributed by atoms with Crippen molar-refractivity contribution in [3.8, 4) is 11.1 Å². The molecule has 0 radical (unpaired) electrons. The maximum Gasteiger partial charge on any atom is 0.337 e. The highest BCUT2D eigenvalue weighted by Crippen LogP contribution is 2.26. The molecule has 0 N–H and O–H groups in total. The van der Waals surface area contributed by atoms with Gasteiger partial charge in [0.1, 0.15) is 0 Å². The second kappa shape index (κ2) is 6.71. The molecule has 0 aromatic heterocycles. The number of rotatable bonds is 3. The van der Waals surface area contributed by atoms with Crippen LogP contribution < -0.4 is 0 Å². The predicted molar refractivity (Wildman–Crippen MR) is 87.3 cm³/mol. The number of carbonyl (C=O) groups excluding carboxylic acids is 2. The van der Waals surface area contributed by atoms with E-state index in [1.807, 2.05) is 18.2 Å². The molecular weight excluding hydrogens is 383 g/mol. The molecule has 0 spiro atoms. The topological polar surface area (TPSA) is 52.6 Å². The van der Waals surface area contributed by atoms with E-state index in [0.717, 1.165) is 14.7 Å². The SMILES string of the molecule is COC(=O)c1ccc(-c2ccc(C(=O)OC)cc2I)cc1. The van der Waals surface area contributed by atoms with E-state index in [-0.39, 0.29) is 11.9 Å². The standard InChI is InChI=1S/C16H13IO4/c1-20-15(18)11-5-3-10(4-6-11)13-8-7-12(9-14(13)17)16(19)21-2/h3-9H,1-2H3. The summed E-state index contributed by atoms with van der Waals surface area (Å²) >= 11 is 2.17. The fourth-order valence-electron chi connectivity index (χ4n) is 1.90. The van der Waals surface area contributed by atoms with Gasteiger partial charge in [-0.05, 0) is 58.0 Å². The molecule has 0 bridgehead atoms. The van der Waals surface area contributed by atoms with Gasteiger partial charge in [-0.1, -0.05) is 18.2 Å². The van der Waals surface area contributed by atoms with Gasteiger partial charge in [-0.25, -0.2) is 9.59 Å². The lowest BCUT2D eigenvalue weighted by molar-refractivity contribution is 0.0592. The van der Waals surface area contributed by atoms with Crippen LogP contribution in [-0.2, 0) is 9.47 Å². The number of carbonyl (C=O) groups is 2. The van der Waals surface area contributed by atoms with E-state index in [1.54, 1.807) is 24.3 Å². The number of methoxy groups -OCH3 is 2. The van der Waals surface area contributed by atoms with Gasteiger partial charge in [-0.3, -0.25) is 0 Å². The summed E-state index contributed by atoms with van der Waals surface area (Å²) < 4.78 is 10.3. The lowest BCUT2D eigenvalue weighted by Crippen LogP contribution is -2.02. The zero-order chi connectivity index (χ0) is 15.4. The van der Waals surface area contributed by atoms with Crippen LogP contribution in [0.3, 0.4) is 0 Å². The largest absolute Gasteiger partial charge is 0.465 e. The molecule has 5 heteroatoms. The summed E-state index contributed by atoms with van der Waals surface area (Å²) in [6.07, 6.45) is 0. The van der Waals surface area contributed by atoms with Crippen molar-refractivity contribution in [1.29, 1.82) is 0 Å². The first kappa shape index (κ1) is 15.5. The highest BCUT2D eigenvalue weighted by Gasteiger charge is 2.10. The summed E-state index contributed by atoms with van der Waals surface area (Å²) in [6.45, 7) is 0. The third-order valence-electron chi connectivity index (χ3n) is 3.01. The Morgan fingerprint density at radius 3 is 1.90 bits per heavy atom. The quantitative estimate of drug-likeness (QED) is 0.589. The van der Waals surface area contributed by atoms with Crippen molar-refractivity contribution in [2.75, 3.05) is 14.2 Å². The minimum atomic E-state index is -0.364. The second-order valence-electron chi connectivity index (χ2n) is 4.26. The molecule has 2 rings (SSSR count). The summed E-state index contributed by atoms with van der Waals surface area (Å²) in [5, 5.41) is 0. The maximum atomic E-state index is 11.5. The molecule has 4 nitrogen and oxygen atoms in total. The van der Waals surface area contributed by atoms with E-state index in [9.17, 15) is 9.59 Å². The molecule has 0 amide bonds. The number of benzene rings is 2.